The fourth-order valence-corrected chi connectivity index (χ4v) is 2.76. The monoisotopic (exact) mass is 240 g/mol. The number of nitrogens with zero attached hydrogens (tertiary/aromatic N) is 2. The van der Waals surface area contributed by atoms with Gasteiger partial charge in [0.2, 0.25) is 5.91 Å². The first-order valence-electron chi connectivity index (χ1n) is 6.70. The zero-order valence-corrected chi connectivity index (χ0v) is 10.7. The lowest BCUT2D eigenvalue weighted by Gasteiger charge is -2.30. The molecule has 98 valence electrons. The Hall–Kier alpha value is -0.650. The highest BCUT2D eigenvalue weighted by Gasteiger charge is 2.29. The first-order valence-corrected chi connectivity index (χ1v) is 6.70. The van der Waals surface area contributed by atoms with E-state index in [0.717, 1.165) is 58.7 Å². The number of piperazine rings is 1. The van der Waals surface area contributed by atoms with E-state index in [1.807, 2.05) is 0 Å². The standard InChI is InChI=1S/C12H24N4O/c1-13-12(17)11-3-2-6-16(11)10-9-15-7-4-14-5-8-15/h11,14H,2-10H2,1H3,(H,13,17). The summed E-state index contributed by atoms with van der Waals surface area (Å²) in [5.41, 5.74) is 0. The van der Waals surface area contributed by atoms with E-state index >= 15 is 0 Å². The van der Waals surface area contributed by atoms with Gasteiger partial charge in [-0.25, -0.2) is 0 Å². The Morgan fingerprint density at radius 1 is 1.29 bits per heavy atom. The van der Waals surface area contributed by atoms with Crippen molar-refractivity contribution in [2.24, 2.45) is 0 Å². The summed E-state index contributed by atoms with van der Waals surface area (Å²) >= 11 is 0. The van der Waals surface area contributed by atoms with Gasteiger partial charge in [-0.15, -0.1) is 0 Å². The highest BCUT2D eigenvalue weighted by Crippen LogP contribution is 2.16. The number of likely N-dealkylation sites (tertiary alicyclic amines) is 1. The van der Waals surface area contributed by atoms with Crippen molar-refractivity contribution in [3.05, 3.63) is 0 Å². The van der Waals surface area contributed by atoms with Gasteiger partial charge in [0.05, 0.1) is 6.04 Å². The van der Waals surface area contributed by atoms with Gasteiger partial charge in [-0.2, -0.15) is 0 Å². The van der Waals surface area contributed by atoms with E-state index < -0.39 is 0 Å². The smallest absolute Gasteiger partial charge is 0.237 e. The molecule has 1 unspecified atom stereocenters. The molecule has 0 aromatic rings. The third-order valence-electron chi connectivity index (χ3n) is 3.83. The molecule has 0 aliphatic carbocycles. The number of amides is 1. The number of carbonyl (C=O) groups is 1. The summed E-state index contributed by atoms with van der Waals surface area (Å²) in [5, 5.41) is 6.13. The van der Waals surface area contributed by atoms with Gasteiger partial charge in [-0.1, -0.05) is 0 Å². The zero-order chi connectivity index (χ0) is 12.1. The summed E-state index contributed by atoms with van der Waals surface area (Å²) in [6, 6.07) is 0.114. The minimum Gasteiger partial charge on any atom is -0.358 e. The Labute approximate surface area is 104 Å². The summed E-state index contributed by atoms with van der Waals surface area (Å²) in [6.45, 7) is 7.66. The van der Waals surface area contributed by atoms with E-state index in [0.29, 0.717) is 0 Å². The Morgan fingerprint density at radius 2 is 2.06 bits per heavy atom. The maximum atomic E-state index is 11.7. The third-order valence-corrected chi connectivity index (χ3v) is 3.83. The molecule has 2 rings (SSSR count). The number of hydrogen-bond donors (Lipinski definition) is 2. The van der Waals surface area contributed by atoms with Crippen LogP contribution in [-0.2, 0) is 4.79 Å². The molecule has 5 nitrogen and oxygen atoms in total. The molecule has 2 saturated heterocycles. The minimum atomic E-state index is 0.114. The van der Waals surface area contributed by atoms with E-state index in [-0.39, 0.29) is 11.9 Å². The predicted octanol–water partition coefficient (Wildman–Crippen LogP) is -0.898. The first-order chi connectivity index (χ1) is 8.31. The van der Waals surface area contributed by atoms with Crippen LogP contribution in [0.5, 0.6) is 0 Å². The van der Waals surface area contributed by atoms with Crippen LogP contribution in [0, 0.1) is 0 Å². The molecule has 2 heterocycles. The van der Waals surface area contributed by atoms with Gasteiger partial charge in [-0.05, 0) is 19.4 Å². The second-order valence-electron chi connectivity index (χ2n) is 4.90. The SMILES string of the molecule is CNC(=O)C1CCCN1CCN1CCNCC1. The van der Waals surface area contributed by atoms with Crippen molar-refractivity contribution >= 4 is 5.91 Å². The minimum absolute atomic E-state index is 0.114. The molecule has 0 radical (unpaired) electrons. The quantitative estimate of drug-likeness (QED) is 0.669. The lowest BCUT2D eigenvalue weighted by atomic mass is 10.2. The van der Waals surface area contributed by atoms with E-state index in [1.165, 1.54) is 0 Å². The van der Waals surface area contributed by atoms with E-state index in [1.54, 1.807) is 7.05 Å². The molecule has 0 aromatic carbocycles. The molecule has 0 saturated carbocycles. The summed E-state index contributed by atoms with van der Waals surface area (Å²) in [4.78, 5) is 16.5. The van der Waals surface area contributed by atoms with Crippen LogP contribution in [0.15, 0.2) is 0 Å². The van der Waals surface area contributed by atoms with Gasteiger partial charge in [-0.3, -0.25) is 14.6 Å². The number of rotatable bonds is 4. The van der Waals surface area contributed by atoms with Crippen LogP contribution in [0.3, 0.4) is 0 Å². The molecule has 2 N–H and O–H groups in total. The second kappa shape index (κ2) is 6.33. The Balaban J connectivity index is 1.75. The number of hydrogen-bond acceptors (Lipinski definition) is 4. The predicted molar refractivity (Wildman–Crippen MR) is 68.0 cm³/mol. The summed E-state index contributed by atoms with van der Waals surface area (Å²) in [6.07, 6.45) is 2.17. The van der Waals surface area contributed by atoms with E-state index in [9.17, 15) is 4.79 Å². The Kier molecular flexibility index (Phi) is 4.76. The van der Waals surface area contributed by atoms with Crippen LogP contribution in [0.2, 0.25) is 0 Å². The van der Waals surface area contributed by atoms with Crippen LogP contribution in [-0.4, -0.2) is 74.6 Å². The maximum Gasteiger partial charge on any atom is 0.237 e. The Bertz CT molecular complexity index is 253. The maximum absolute atomic E-state index is 11.7. The normalized spacial score (nSPS) is 27.2. The van der Waals surface area contributed by atoms with Gasteiger partial charge in [0.15, 0.2) is 0 Å². The molecule has 1 amide bonds. The number of nitrogens with one attached hydrogen (secondary N) is 2. The average Bonchev–Trinajstić information content (AvgIpc) is 2.85. The average molecular weight is 240 g/mol. The summed E-state index contributed by atoms with van der Waals surface area (Å²) in [7, 11) is 1.73. The molecule has 2 fully saturated rings. The molecule has 2 aliphatic heterocycles. The molecule has 0 spiro atoms. The highest BCUT2D eigenvalue weighted by atomic mass is 16.2. The van der Waals surface area contributed by atoms with Gasteiger partial charge in [0, 0.05) is 46.3 Å². The van der Waals surface area contributed by atoms with E-state index in [4.69, 9.17) is 0 Å². The van der Waals surface area contributed by atoms with Gasteiger partial charge >= 0.3 is 0 Å². The summed E-state index contributed by atoms with van der Waals surface area (Å²) < 4.78 is 0. The molecular weight excluding hydrogens is 216 g/mol. The largest absolute Gasteiger partial charge is 0.358 e. The topological polar surface area (TPSA) is 47.6 Å². The van der Waals surface area contributed by atoms with Crippen LogP contribution in [0.4, 0.5) is 0 Å². The molecule has 0 aromatic heterocycles. The van der Waals surface area contributed by atoms with Crippen molar-refractivity contribution in [1.82, 2.24) is 20.4 Å². The molecule has 0 bridgehead atoms. The van der Waals surface area contributed by atoms with Crippen LogP contribution < -0.4 is 10.6 Å². The molecule has 17 heavy (non-hydrogen) atoms. The van der Waals surface area contributed by atoms with Crippen molar-refractivity contribution in [3.63, 3.8) is 0 Å². The third kappa shape index (κ3) is 3.40. The molecule has 1 atom stereocenters. The van der Waals surface area contributed by atoms with Crippen molar-refractivity contribution < 1.29 is 4.79 Å². The fourth-order valence-electron chi connectivity index (χ4n) is 2.76. The lowest BCUT2D eigenvalue weighted by molar-refractivity contribution is -0.125. The first kappa shape index (κ1) is 12.8. The Morgan fingerprint density at radius 3 is 2.76 bits per heavy atom. The molecule has 5 heteroatoms. The lowest BCUT2D eigenvalue weighted by Crippen LogP contribution is -2.48. The second-order valence-corrected chi connectivity index (χ2v) is 4.90. The molecule has 2 aliphatic rings. The van der Waals surface area contributed by atoms with Crippen LogP contribution >= 0.6 is 0 Å². The number of likely N-dealkylation sites (N-methyl/N-ethyl adjacent to an activating group) is 1. The summed E-state index contributed by atoms with van der Waals surface area (Å²) in [5.74, 6) is 0.183. The molecular formula is C12H24N4O. The van der Waals surface area contributed by atoms with Crippen LogP contribution in [0.1, 0.15) is 12.8 Å². The van der Waals surface area contributed by atoms with Crippen LogP contribution in [0.25, 0.3) is 0 Å². The van der Waals surface area contributed by atoms with Crippen molar-refractivity contribution in [3.8, 4) is 0 Å². The van der Waals surface area contributed by atoms with Crippen molar-refractivity contribution in [2.45, 2.75) is 18.9 Å². The van der Waals surface area contributed by atoms with Crippen molar-refractivity contribution in [2.75, 3.05) is 52.9 Å². The van der Waals surface area contributed by atoms with Gasteiger partial charge in [0.25, 0.3) is 0 Å². The fraction of sp³-hybridized carbons (Fsp3) is 0.917. The zero-order valence-electron chi connectivity index (χ0n) is 10.7. The van der Waals surface area contributed by atoms with Gasteiger partial charge in [0.1, 0.15) is 0 Å². The van der Waals surface area contributed by atoms with Gasteiger partial charge < -0.3 is 10.6 Å². The highest BCUT2D eigenvalue weighted by molar-refractivity contribution is 5.81. The van der Waals surface area contributed by atoms with E-state index in [2.05, 4.69) is 20.4 Å². The number of carbonyl (C=O) groups excluding carboxylic acids is 1. The van der Waals surface area contributed by atoms with Crippen molar-refractivity contribution in [1.29, 1.82) is 0 Å².